The van der Waals surface area contributed by atoms with Crippen molar-refractivity contribution in [3.8, 4) is 0 Å². The first kappa shape index (κ1) is 34.6. The summed E-state index contributed by atoms with van der Waals surface area (Å²) in [6, 6.07) is 0. The number of esters is 7. The molecule has 0 aromatic rings. The average molecular weight is 667 g/mol. The lowest BCUT2D eigenvalue weighted by Crippen LogP contribution is -2.44. The van der Waals surface area contributed by atoms with Crippen LogP contribution in [0.4, 0.5) is 0 Å². The molecule has 4 saturated heterocycles. The third-order valence-electron chi connectivity index (χ3n) is 10.4. The highest BCUT2D eigenvalue weighted by atomic mass is 16.7. The van der Waals surface area contributed by atoms with Crippen molar-refractivity contribution in [1.29, 1.82) is 0 Å². The van der Waals surface area contributed by atoms with Gasteiger partial charge in [0.1, 0.15) is 18.3 Å². The fourth-order valence-corrected chi connectivity index (χ4v) is 7.26. The van der Waals surface area contributed by atoms with Gasteiger partial charge in [0.2, 0.25) is 0 Å². The van der Waals surface area contributed by atoms with Crippen molar-refractivity contribution in [1.82, 2.24) is 0 Å². The topological polar surface area (TPSA) is 193 Å². The van der Waals surface area contributed by atoms with Gasteiger partial charge in [-0.2, -0.15) is 0 Å². The summed E-state index contributed by atoms with van der Waals surface area (Å²) in [5.74, 6) is -5.59. The quantitative estimate of drug-likeness (QED) is 0.224. The molecule has 6 fully saturated rings. The van der Waals surface area contributed by atoms with Crippen LogP contribution >= 0.6 is 0 Å². The Kier molecular flexibility index (Phi) is 9.86. The number of fused-ring (bicyclic) bond motifs is 2. The summed E-state index contributed by atoms with van der Waals surface area (Å²) in [6.07, 6.45) is -0.647. The minimum Gasteiger partial charge on any atom is -0.469 e. The van der Waals surface area contributed by atoms with Gasteiger partial charge in [0.15, 0.2) is 25.4 Å². The monoisotopic (exact) mass is 666 g/mol. The SMILES string of the molecule is CCC(C)(C)C(=O)OCC(=O)OC1C2CC3C1OC(=O)C3C2C(=O)OC.CCC(C)C(=O)OCC(=O)OC1C2CC3C(=O)OC1C3O2. The van der Waals surface area contributed by atoms with Crippen molar-refractivity contribution in [3.05, 3.63) is 0 Å². The van der Waals surface area contributed by atoms with E-state index in [1.165, 1.54) is 7.11 Å². The summed E-state index contributed by atoms with van der Waals surface area (Å²) in [7, 11) is 1.27. The zero-order chi connectivity index (χ0) is 34.4. The van der Waals surface area contributed by atoms with E-state index in [0.717, 1.165) is 0 Å². The van der Waals surface area contributed by atoms with E-state index in [0.29, 0.717) is 25.7 Å². The number of rotatable bonds is 11. The maximum atomic E-state index is 12.1. The molecule has 2 aliphatic carbocycles. The van der Waals surface area contributed by atoms with Crippen LogP contribution in [-0.2, 0) is 71.5 Å². The average Bonchev–Trinajstić information content (AvgIpc) is 3.87. The molecule has 4 heterocycles. The summed E-state index contributed by atoms with van der Waals surface area (Å²) in [5.41, 5.74) is -0.684. The second kappa shape index (κ2) is 13.4. The first-order chi connectivity index (χ1) is 22.2. The third-order valence-corrected chi connectivity index (χ3v) is 10.4. The maximum absolute atomic E-state index is 12.1. The molecule has 15 nitrogen and oxygen atoms in total. The van der Waals surface area contributed by atoms with E-state index >= 15 is 0 Å². The van der Waals surface area contributed by atoms with E-state index < -0.39 is 90.7 Å². The molecule has 4 bridgehead atoms. The Labute approximate surface area is 271 Å². The normalized spacial score (nSPS) is 35.7. The van der Waals surface area contributed by atoms with Crippen molar-refractivity contribution < 1.29 is 71.5 Å². The molecule has 0 aromatic carbocycles. The maximum Gasteiger partial charge on any atom is 0.344 e. The zero-order valence-electron chi connectivity index (χ0n) is 27.3. The minimum atomic E-state index is -0.717. The molecule has 47 heavy (non-hydrogen) atoms. The van der Waals surface area contributed by atoms with E-state index in [9.17, 15) is 33.6 Å². The first-order valence-electron chi connectivity index (χ1n) is 16.1. The molecule has 0 aromatic heterocycles. The van der Waals surface area contributed by atoms with Gasteiger partial charge in [-0.15, -0.1) is 0 Å². The van der Waals surface area contributed by atoms with Crippen LogP contribution < -0.4 is 0 Å². The molecule has 6 aliphatic rings. The molecular weight excluding hydrogens is 624 g/mol. The lowest BCUT2D eigenvalue weighted by atomic mass is 9.78. The van der Waals surface area contributed by atoms with Crippen molar-refractivity contribution in [3.63, 3.8) is 0 Å². The van der Waals surface area contributed by atoms with Crippen LogP contribution in [0.25, 0.3) is 0 Å². The Morgan fingerprint density at radius 1 is 0.851 bits per heavy atom. The second-order valence-electron chi connectivity index (χ2n) is 13.6. The van der Waals surface area contributed by atoms with Crippen molar-refractivity contribution >= 4 is 41.8 Å². The Morgan fingerprint density at radius 3 is 2.13 bits per heavy atom. The molecule has 0 spiro atoms. The summed E-state index contributed by atoms with van der Waals surface area (Å²) >= 11 is 0. The van der Waals surface area contributed by atoms with Gasteiger partial charge >= 0.3 is 41.8 Å². The summed E-state index contributed by atoms with van der Waals surface area (Å²) in [6.45, 7) is 7.97. The number of carbonyl (C=O) groups is 7. The molecule has 4 aliphatic heterocycles. The van der Waals surface area contributed by atoms with Crippen LogP contribution in [-0.4, -0.2) is 98.7 Å². The Bertz CT molecular complexity index is 1310. The highest BCUT2D eigenvalue weighted by molar-refractivity contribution is 5.86. The summed E-state index contributed by atoms with van der Waals surface area (Å²) in [5, 5.41) is 0. The van der Waals surface area contributed by atoms with Gasteiger partial charge in [0, 0.05) is 11.8 Å². The van der Waals surface area contributed by atoms with E-state index in [4.69, 9.17) is 37.9 Å². The van der Waals surface area contributed by atoms with E-state index in [1.807, 2.05) is 13.8 Å². The minimum absolute atomic E-state index is 0.143. The Balaban J connectivity index is 0.000000189. The third kappa shape index (κ3) is 6.42. The predicted molar refractivity (Wildman–Crippen MR) is 152 cm³/mol. The predicted octanol–water partition coefficient (Wildman–Crippen LogP) is 1.06. The number of ether oxygens (including phenoxy) is 8. The van der Waals surface area contributed by atoms with E-state index in [-0.39, 0.29) is 41.8 Å². The molecule has 12 unspecified atom stereocenters. The van der Waals surface area contributed by atoms with Crippen LogP contribution in [0, 0.1) is 40.9 Å². The fourth-order valence-electron chi connectivity index (χ4n) is 7.26. The molecule has 2 saturated carbocycles. The zero-order valence-corrected chi connectivity index (χ0v) is 27.3. The Morgan fingerprint density at radius 2 is 1.49 bits per heavy atom. The lowest BCUT2D eigenvalue weighted by molar-refractivity contribution is -0.174. The smallest absolute Gasteiger partial charge is 0.344 e. The second-order valence-corrected chi connectivity index (χ2v) is 13.6. The number of hydrogen-bond acceptors (Lipinski definition) is 15. The van der Waals surface area contributed by atoms with Crippen molar-refractivity contribution in [2.24, 2.45) is 40.9 Å². The number of carbonyl (C=O) groups excluding carboxylic acids is 7. The van der Waals surface area contributed by atoms with Crippen molar-refractivity contribution in [2.75, 3.05) is 20.3 Å². The van der Waals surface area contributed by atoms with Gasteiger partial charge in [-0.25, -0.2) is 9.59 Å². The molecule has 0 N–H and O–H groups in total. The Hall–Kier alpha value is -3.75. The first-order valence-corrected chi connectivity index (χ1v) is 16.1. The van der Waals surface area contributed by atoms with Crippen LogP contribution in [0.2, 0.25) is 0 Å². The lowest BCUT2D eigenvalue weighted by Gasteiger charge is -2.30. The molecule has 6 rings (SSSR count). The van der Waals surface area contributed by atoms with Crippen LogP contribution in [0.15, 0.2) is 0 Å². The van der Waals surface area contributed by atoms with E-state index in [1.54, 1.807) is 20.8 Å². The van der Waals surface area contributed by atoms with E-state index in [2.05, 4.69) is 0 Å². The summed E-state index contributed by atoms with van der Waals surface area (Å²) in [4.78, 5) is 83.0. The van der Waals surface area contributed by atoms with Gasteiger partial charge in [-0.05, 0) is 39.5 Å². The van der Waals surface area contributed by atoms with Gasteiger partial charge in [0.25, 0.3) is 0 Å². The van der Waals surface area contributed by atoms with Gasteiger partial charge in [-0.3, -0.25) is 24.0 Å². The van der Waals surface area contributed by atoms with Crippen LogP contribution in [0.5, 0.6) is 0 Å². The van der Waals surface area contributed by atoms with Crippen LogP contribution in [0.1, 0.15) is 60.3 Å². The molecule has 0 amide bonds. The highest BCUT2D eigenvalue weighted by Gasteiger charge is 2.70. The molecule has 12 atom stereocenters. The number of methoxy groups -OCH3 is 1. The molecule has 260 valence electrons. The summed E-state index contributed by atoms with van der Waals surface area (Å²) < 4.78 is 41.6. The van der Waals surface area contributed by atoms with Gasteiger partial charge in [0.05, 0.1) is 42.3 Å². The molecule has 0 radical (unpaired) electrons. The van der Waals surface area contributed by atoms with Crippen molar-refractivity contribution in [2.45, 2.75) is 96.9 Å². The standard InChI is InChI=1S/C18H24O8.C14H18O7/c1-5-18(2,3)17(22)24-7-10(19)25-13-8-6-9-12(11(8)15(20)23-4)16(21)26-14(9)13;1-3-6(2)13(16)18-5-9(15)20-11-8-4-7-10(19-8)12(11)21-14(7)17/h8-9,11-14H,5-7H2,1-4H3;6-8,10-12H,3-5H2,1-2H3. The van der Waals surface area contributed by atoms with Gasteiger partial charge < -0.3 is 37.9 Å². The number of hydrogen-bond donors (Lipinski definition) is 0. The largest absolute Gasteiger partial charge is 0.469 e. The fraction of sp³-hybridized carbons (Fsp3) is 0.781. The molecule has 15 heteroatoms. The highest BCUT2D eigenvalue weighted by Crippen LogP contribution is 2.59. The molecular formula is C32H42O15. The van der Waals surface area contributed by atoms with Gasteiger partial charge in [-0.1, -0.05) is 20.8 Å². The van der Waals surface area contributed by atoms with Crippen LogP contribution in [0.3, 0.4) is 0 Å².